The van der Waals surface area contributed by atoms with E-state index in [2.05, 4.69) is 15.4 Å². The zero-order chi connectivity index (χ0) is 19.8. The maximum Gasteiger partial charge on any atom is 0.270 e. The van der Waals surface area contributed by atoms with Crippen molar-refractivity contribution in [3.8, 4) is 0 Å². The molecule has 0 saturated heterocycles. The molecule has 1 aromatic carbocycles. The Hall–Kier alpha value is -3.33. The van der Waals surface area contributed by atoms with Crippen molar-refractivity contribution in [1.29, 1.82) is 0 Å². The summed E-state index contributed by atoms with van der Waals surface area (Å²) in [6, 6.07) is 6.21. The van der Waals surface area contributed by atoms with Crippen LogP contribution in [0.5, 0.6) is 0 Å². The first kappa shape index (κ1) is 18.1. The molecule has 4 rings (SSSR count). The number of methoxy groups -OCH3 is 1. The van der Waals surface area contributed by atoms with Gasteiger partial charge in [-0.05, 0) is 36.1 Å². The second-order valence-corrected chi connectivity index (χ2v) is 6.64. The molecule has 28 heavy (non-hydrogen) atoms. The van der Waals surface area contributed by atoms with Crippen LogP contribution in [0.3, 0.4) is 0 Å². The van der Waals surface area contributed by atoms with Crippen LogP contribution in [0.25, 0.3) is 5.65 Å². The topological polar surface area (TPSA) is 112 Å². The summed E-state index contributed by atoms with van der Waals surface area (Å²) in [6.45, 7) is 0.0555. The quantitative estimate of drug-likeness (QED) is 0.683. The molecule has 3 N–H and O–H groups in total. The number of rotatable bonds is 5. The highest BCUT2D eigenvalue weighted by molar-refractivity contribution is 6.01. The number of nitrogens with zero attached hydrogens (tertiary/aromatic N) is 3. The Morgan fingerprint density at radius 2 is 2.18 bits per heavy atom. The van der Waals surface area contributed by atoms with Crippen LogP contribution in [-0.4, -0.2) is 39.6 Å². The van der Waals surface area contributed by atoms with E-state index in [9.17, 15) is 14.0 Å². The first-order valence-corrected chi connectivity index (χ1v) is 8.72. The zero-order valence-corrected chi connectivity index (χ0v) is 15.1. The van der Waals surface area contributed by atoms with Crippen LogP contribution in [0.15, 0.2) is 30.5 Å². The summed E-state index contributed by atoms with van der Waals surface area (Å²) in [5.74, 6) is -1.36. The average Bonchev–Trinajstić information content (AvgIpc) is 3.23. The monoisotopic (exact) mass is 383 g/mol. The minimum absolute atomic E-state index is 0.0555. The number of fused-ring (bicyclic) bond motifs is 2. The number of nitrogens with two attached hydrogens (primary N) is 1. The fourth-order valence-electron chi connectivity index (χ4n) is 3.62. The molecule has 0 aliphatic heterocycles. The van der Waals surface area contributed by atoms with Crippen molar-refractivity contribution in [3.63, 3.8) is 0 Å². The number of benzene rings is 1. The van der Waals surface area contributed by atoms with Gasteiger partial charge in [-0.15, -0.1) is 0 Å². The SMILES string of the molecule is COCc1nn2c(C(=O)NC3Cc4cccc(F)c4C3)ccnc2c1C(N)=O. The van der Waals surface area contributed by atoms with Crippen LogP contribution in [0.2, 0.25) is 0 Å². The summed E-state index contributed by atoms with van der Waals surface area (Å²) in [5, 5.41) is 7.19. The van der Waals surface area contributed by atoms with Crippen LogP contribution >= 0.6 is 0 Å². The van der Waals surface area contributed by atoms with Crippen LogP contribution < -0.4 is 11.1 Å². The number of carbonyl (C=O) groups is 2. The van der Waals surface area contributed by atoms with Gasteiger partial charge in [0.15, 0.2) is 5.65 Å². The van der Waals surface area contributed by atoms with E-state index in [-0.39, 0.29) is 35.4 Å². The molecule has 144 valence electrons. The lowest BCUT2D eigenvalue weighted by atomic mass is 10.1. The lowest BCUT2D eigenvalue weighted by Gasteiger charge is -2.12. The van der Waals surface area contributed by atoms with Gasteiger partial charge >= 0.3 is 0 Å². The van der Waals surface area contributed by atoms with Crippen molar-refractivity contribution in [2.45, 2.75) is 25.5 Å². The Bertz CT molecular complexity index is 1090. The molecule has 1 aliphatic rings. The molecular formula is C19H18FN5O3. The average molecular weight is 383 g/mol. The Balaban J connectivity index is 1.64. The highest BCUT2D eigenvalue weighted by Crippen LogP contribution is 2.25. The van der Waals surface area contributed by atoms with E-state index in [1.807, 2.05) is 6.07 Å². The van der Waals surface area contributed by atoms with Crippen LogP contribution in [0, 0.1) is 5.82 Å². The molecule has 3 aromatic rings. The fourth-order valence-corrected chi connectivity index (χ4v) is 3.62. The van der Waals surface area contributed by atoms with Crippen LogP contribution in [0.4, 0.5) is 4.39 Å². The van der Waals surface area contributed by atoms with E-state index in [0.29, 0.717) is 24.1 Å². The highest BCUT2D eigenvalue weighted by atomic mass is 19.1. The molecule has 0 spiro atoms. The summed E-state index contributed by atoms with van der Waals surface area (Å²) in [7, 11) is 1.47. The first-order chi connectivity index (χ1) is 13.5. The Labute approximate surface area is 159 Å². The number of aromatic nitrogens is 3. The molecule has 2 amide bonds. The van der Waals surface area contributed by atoms with Gasteiger partial charge in [-0.3, -0.25) is 9.59 Å². The van der Waals surface area contributed by atoms with Crippen molar-refractivity contribution in [3.05, 3.63) is 64.4 Å². The molecule has 2 heterocycles. The van der Waals surface area contributed by atoms with Crippen molar-refractivity contribution >= 4 is 17.5 Å². The number of ether oxygens (including phenoxy) is 1. The Kier molecular flexibility index (Phi) is 4.52. The van der Waals surface area contributed by atoms with Gasteiger partial charge in [0, 0.05) is 19.3 Å². The normalized spacial score (nSPS) is 15.6. The van der Waals surface area contributed by atoms with Crippen LogP contribution in [-0.2, 0) is 24.2 Å². The maximum absolute atomic E-state index is 13.9. The molecule has 0 saturated carbocycles. The minimum atomic E-state index is -0.700. The summed E-state index contributed by atoms with van der Waals surface area (Å²) < 4.78 is 20.3. The number of halogens is 1. The first-order valence-electron chi connectivity index (χ1n) is 8.72. The molecular weight excluding hydrogens is 365 g/mol. The third-order valence-corrected chi connectivity index (χ3v) is 4.82. The minimum Gasteiger partial charge on any atom is -0.378 e. The van der Waals surface area contributed by atoms with Gasteiger partial charge in [-0.2, -0.15) is 5.10 Å². The second kappa shape index (κ2) is 7.01. The van der Waals surface area contributed by atoms with Crippen molar-refractivity contribution < 1.29 is 18.7 Å². The van der Waals surface area contributed by atoms with Gasteiger partial charge in [0.25, 0.3) is 11.8 Å². The molecule has 0 fully saturated rings. The lowest BCUT2D eigenvalue weighted by molar-refractivity contribution is 0.0929. The maximum atomic E-state index is 13.9. The zero-order valence-electron chi connectivity index (χ0n) is 15.1. The van der Waals surface area contributed by atoms with Gasteiger partial charge in [0.05, 0.1) is 6.61 Å². The molecule has 2 aromatic heterocycles. The van der Waals surface area contributed by atoms with Gasteiger partial charge in [-0.25, -0.2) is 13.9 Å². The van der Waals surface area contributed by atoms with E-state index in [1.165, 1.54) is 30.0 Å². The van der Waals surface area contributed by atoms with Gasteiger partial charge < -0.3 is 15.8 Å². The standard InChI is InChI=1S/C19H18FN5O3/c1-28-9-14-16(17(21)26)18-22-6-5-15(25(18)24-14)19(27)23-11-7-10-3-2-4-13(20)12(10)8-11/h2-6,11H,7-9H2,1H3,(H2,21,26)(H,23,27). The molecule has 8 nitrogen and oxygen atoms in total. The second-order valence-electron chi connectivity index (χ2n) is 6.64. The molecule has 1 aliphatic carbocycles. The number of carbonyl (C=O) groups excluding carboxylic acids is 2. The van der Waals surface area contributed by atoms with Crippen molar-refractivity contribution in [1.82, 2.24) is 19.9 Å². The largest absolute Gasteiger partial charge is 0.378 e. The van der Waals surface area contributed by atoms with E-state index < -0.39 is 11.8 Å². The summed E-state index contributed by atoms with van der Waals surface area (Å²) in [5.41, 5.74) is 7.78. The van der Waals surface area contributed by atoms with E-state index in [1.54, 1.807) is 6.07 Å². The van der Waals surface area contributed by atoms with E-state index in [0.717, 1.165) is 5.56 Å². The fraction of sp³-hybridized carbons (Fsp3) is 0.263. The molecule has 0 bridgehead atoms. The molecule has 1 unspecified atom stereocenters. The Morgan fingerprint density at radius 3 is 2.89 bits per heavy atom. The number of hydrogen-bond donors (Lipinski definition) is 2. The summed E-state index contributed by atoms with van der Waals surface area (Å²) in [4.78, 5) is 28.8. The van der Waals surface area contributed by atoms with E-state index in [4.69, 9.17) is 10.5 Å². The molecule has 9 heteroatoms. The molecule has 1 atom stereocenters. The number of nitrogens with one attached hydrogen (secondary N) is 1. The summed E-state index contributed by atoms with van der Waals surface area (Å²) in [6.07, 6.45) is 2.38. The lowest BCUT2D eigenvalue weighted by Crippen LogP contribution is -2.36. The van der Waals surface area contributed by atoms with Crippen molar-refractivity contribution in [2.75, 3.05) is 7.11 Å². The molecule has 0 radical (unpaired) electrons. The third kappa shape index (κ3) is 2.99. The smallest absolute Gasteiger partial charge is 0.270 e. The number of amides is 2. The third-order valence-electron chi connectivity index (χ3n) is 4.82. The number of hydrogen-bond acceptors (Lipinski definition) is 5. The van der Waals surface area contributed by atoms with E-state index >= 15 is 0 Å². The number of primary amides is 1. The van der Waals surface area contributed by atoms with Crippen LogP contribution in [0.1, 0.15) is 37.7 Å². The predicted octanol–water partition coefficient (Wildman–Crippen LogP) is 1.01. The Morgan fingerprint density at radius 1 is 1.36 bits per heavy atom. The van der Waals surface area contributed by atoms with Gasteiger partial charge in [0.1, 0.15) is 22.8 Å². The highest BCUT2D eigenvalue weighted by Gasteiger charge is 2.27. The summed E-state index contributed by atoms with van der Waals surface area (Å²) >= 11 is 0. The van der Waals surface area contributed by atoms with Gasteiger partial charge in [-0.1, -0.05) is 12.1 Å². The van der Waals surface area contributed by atoms with Crippen molar-refractivity contribution in [2.24, 2.45) is 5.73 Å². The predicted molar refractivity (Wildman–Crippen MR) is 97.3 cm³/mol. The van der Waals surface area contributed by atoms with Gasteiger partial charge in [0.2, 0.25) is 0 Å².